The molecule has 27 heavy (non-hydrogen) atoms. The lowest BCUT2D eigenvalue weighted by molar-refractivity contribution is -0.120. The van der Waals surface area contributed by atoms with Crippen molar-refractivity contribution in [3.8, 4) is 11.5 Å². The largest absolute Gasteiger partial charge is 0.490 e. The van der Waals surface area contributed by atoms with Crippen molar-refractivity contribution in [2.75, 3.05) is 36.5 Å². The van der Waals surface area contributed by atoms with Gasteiger partial charge in [-0.25, -0.2) is 0 Å². The highest BCUT2D eigenvalue weighted by Crippen LogP contribution is 2.32. The number of rotatable bonds is 3. The molecule has 142 valence electrons. The summed E-state index contributed by atoms with van der Waals surface area (Å²) in [5, 5.41) is 11.4. The zero-order chi connectivity index (χ0) is 18.6. The van der Waals surface area contributed by atoms with Crippen molar-refractivity contribution >= 4 is 29.0 Å². The summed E-state index contributed by atoms with van der Waals surface area (Å²) in [6.07, 6.45) is 2.61. The van der Waals surface area contributed by atoms with Crippen molar-refractivity contribution in [1.29, 1.82) is 0 Å². The second kappa shape index (κ2) is 8.00. The van der Waals surface area contributed by atoms with Crippen LogP contribution in [0.2, 0.25) is 5.15 Å². The number of hydrogen-bond donors (Lipinski definition) is 1. The highest BCUT2D eigenvalue weighted by atomic mass is 35.5. The van der Waals surface area contributed by atoms with Crippen molar-refractivity contribution in [3.05, 3.63) is 35.5 Å². The summed E-state index contributed by atoms with van der Waals surface area (Å²) < 4.78 is 11.3. The van der Waals surface area contributed by atoms with Crippen LogP contribution in [-0.4, -0.2) is 42.4 Å². The number of nitrogens with zero attached hydrogens (tertiary/aromatic N) is 3. The summed E-state index contributed by atoms with van der Waals surface area (Å²) in [7, 11) is 0. The minimum Gasteiger partial charge on any atom is -0.490 e. The molecule has 0 bridgehead atoms. The number of anilines is 2. The van der Waals surface area contributed by atoms with Crippen molar-refractivity contribution in [2.24, 2.45) is 5.92 Å². The first-order valence-corrected chi connectivity index (χ1v) is 9.51. The van der Waals surface area contributed by atoms with Gasteiger partial charge in [-0.2, -0.15) is 0 Å². The molecule has 0 unspecified atom stereocenters. The molecule has 0 saturated carbocycles. The monoisotopic (exact) mass is 388 g/mol. The van der Waals surface area contributed by atoms with Crippen LogP contribution in [0.5, 0.6) is 11.5 Å². The second-order valence-electron chi connectivity index (χ2n) is 6.70. The maximum Gasteiger partial charge on any atom is 0.229 e. The third kappa shape index (κ3) is 4.24. The number of nitrogens with one attached hydrogen (secondary N) is 1. The maximum absolute atomic E-state index is 12.8. The molecule has 1 aromatic heterocycles. The Kier molecular flexibility index (Phi) is 5.29. The average molecular weight is 389 g/mol. The Balaban J connectivity index is 1.42. The van der Waals surface area contributed by atoms with Gasteiger partial charge in [-0.15, -0.1) is 10.2 Å². The van der Waals surface area contributed by atoms with E-state index in [9.17, 15) is 4.79 Å². The smallest absolute Gasteiger partial charge is 0.229 e. The van der Waals surface area contributed by atoms with E-state index in [2.05, 4.69) is 20.4 Å². The van der Waals surface area contributed by atoms with Crippen LogP contribution in [0.15, 0.2) is 30.3 Å². The van der Waals surface area contributed by atoms with Gasteiger partial charge in [0.1, 0.15) is 0 Å². The molecule has 1 amide bonds. The first-order valence-electron chi connectivity index (χ1n) is 9.14. The molecule has 1 saturated heterocycles. The third-order valence-electron chi connectivity index (χ3n) is 4.75. The maximum atomic E-state index is 12.8. The van der Waals surface area contributed by atoms with E-state index in [-0.39, 0.29) is 11.8 Å². The minimum absolute atomic E-state index is 0.00360. The van der Waals surface area contributed by atoms with E-state index in [1.807, 2.05) is 24.3 Å². The zero-order valence-electron chi connectivity index (χ0n) is 14.9. The van der Waals surface area contributed by atoms with E-state index < -0.39 is 0 Å². The molecule has 2 aromatic rings. The molecule has 1 fully saturated rings. The fraction of sp³-hybridized carbons (Fsp3) is 0.421. The van der Waals surface area contributed by atoms with Gasteiger partial charge in [-0.1, -0.05) is 11.6 Å². The van der Waals surface area contributed by atoms with E-state index in [0.717, 1.165) is 37.4 Å². The van der Waals surface area contributed by atoms with E-state index in [1.165, 1.54) is 0 Å². The average Bonchev–Trinajstić information content (AvgIpc) is 2.93. The first kappa shape index (κ1) is 17.9. The molecule has 0 radical (unpaired) electrons. The van der Waals surface area contributed by atoms with Crippen molar-refractivity contribution in [3.63, 3.8) is 0 Å². The van der Waals surface area contributed by atoms with Crippen LogP contribution < -0.4 is 19.7 Å². The number of hydrogen-bond acceptors (Lipinski definition) is 6. The molecule has 1 N–H and O–H groups in total. The first-order chi connectivity index (χ1) is 13.2. The lowest BCUT2D eigenvalue weighted by atomic mass is 9.97. The van der Waals surface area contributed by atoms with Gasteiger partial charge < -0.3 is 19.7 Å². The van der Waals surface area contributed by atoms with Gasteiger partial charge >= 0.3 is 0 Å². The summed E-state index contributed by atoms with van der Waals surface area (Å²) in [6, 6.07) is 9.05. The van der Waals surface area contributed by atoms with Crippen molar-refractivity contribution < 1.29 is 14.3 Å². The number of piperidine rings is 1. The number of fused-ring (bicyclic) bond motifs is 1. The number of carbonyl (C=O) groups is 1. The van der Waals surface area contributed by atoms with Crippen LogP contribution in [0.1, 0.15) is 19.3 Å². The predicted molar refractivity (Wildman–Crippen MR) is 103 cm³/mol. The molecule has 1 aromatic carbocycles. The summed E-state index contributed by atoms with van der Waals surface area (Å²) >= 11 is 5.81. The van der Waals surface area contributed by atoms with Gasteiger partial charge in [-0.3, -0.25) is 4.79 Å². The second-order valence-corrected chi connectivity index (χ2v) is 7.09. The fourth-order valence-corrected chi connectivity index (χ4v) is 3.46. The standard InChI is InChI=1S/C19H21ClN4O3/c20-17-6-7-18(23-22-17)24-8-1-3-13(12-24)19(25)21-14-4-5-15-16(11-14)27-10-2-9-26-15/h4-7,11,13H,1-3,8-10,12H2,(H,21,25)/t13-/m0/s1. The molecular formula is C19H21ClN4O3. The molecule has 2 aliphatic heterocycles. The summed E-state index contributed by atoms with van der Waals surface area (Å²) in [5.41, 5.74) is 0.715. The van der Waals surface area contributed by atoms with Crippen molar-refractivity contribution in [1.82, 2.24) is 10.2 Å². The van der Waals surface area contributed by atoms with Gasteiger partial charge in [0.15, 0.2) is 22.5 Å². The third-order valence-corrected chi connectivity index (χ3v) is 4.95. The Hall–Kier alpha value is -2.54. The number of aromatic nitrogens is 2. The van der Waals surface area contributed by atoms with Gasteiger partial charge in [-0.05, 0) is 37.1 Å². The van der Waals surface area contributed by atoms with Crippen LogP contribution in [0.25, 0.3) is 0 Å². The van der Waals surface area contributed by atoms with Crippen molar-refractivity contribution in [2.45, 2.75) is 19.3 Å². The Labute approximate surface area is 162 Å². The number of amides is 1. The summed E-state index contributed by atoms with van der Waals surface area (Å²) in [6.45, 7) is 2.71. The van der Waals surface area contributed by atoms with Gasteiger partial charge in [0.2, 0.25) is 5.91 Å². The fourth-order valence-electron chi connectivity index (χ4n) is 3.36. The molecular weight excluding hydrogens is 368 g/mol. The summed E-state index contributed by atoms with van der Waals surface area (Å²) in [4.78, 5) is 14.8. The molecule has 4 rings (SSSR count). The quantitative estimate of drug-likeness (QED) is 0.870. The summed E-state index contributed by atoms with van der Waals surface area (Å²) in [5.74, 6) is 2.01. The molecule has 8 heteroatoms. The van der Waals surface area contributed by atoms with Crippen LogP contribution in [-0.2, 0) is 4.79 Å². The van der Waals surface area contributed by atoms with Crippen LogP contribution >= 0.6 is 11.6 Å². The minimum atomic E-state index is -0.118. The van der Waals surface area contributed by atoms with Crippen LogP contribution in [0.3, 0.4) is 0 Å². The van der Waals surface area contributed by atoms with Gasteiger partial charge in [0.05, 0.1) is 19.1 Å². The van der Waals surface area contributed by atoms with E-state index >= 15 is 0 Å². The van der Waals surface area contributed by atoms with Crippen LogP contribution in [0, 0.1) is 5.92 Å². The normalized spacial score (nSPS) is 19.3. The number of ether oxygens (including phenoxy) is 2. The van der Waals surface area contributed by atoms with Crippen LogP contribution in [0.4, 0.5) is 11.5 Å². The molecule has 0 aliphatic carbocycles. The zero-order valence-corrected chi connectivity index (χ0v) is 15.6. The topological polar surface area (TPSA) is 76.6 Å². The SMILES string of the molecule is O=C(Nc1ccc2c(c1)OCCCO2)[C@H]1CCCN(c2ccc(Cl)nn2)C1. The van der Waals surface area contributed by atoms with E-state index in [0.29, 0.717) is 36.3 Å². The number of benzene rings is 1. The molecule has 1 atom stereocenters. The molecule has 3 heterocycles. The highest BCUT2D eigenvalue weighted by Gasteiger charge is 2.27. The Bertz CT molecular complexity index is 815. The van der Waals surface area contributed by atoms with Gasteiger partial charge in [0.25, 0.3) is 0 Å². The number of carbonyl (C=O) groups excluding carboxylic acids is 1. The Morgan fingerprint density at radius 2 is 1.96 bits per heavy atom. The Morgan fingerprint density at radius 1 is 1.11 bits per heavy atom. The Morgan fingerprint density at radius 3 is 2.78 bits per heavy atom. The molecule has 7 nitrogen and oxygen atoms in total. The molecule has 0 spiro atoms. The van der Waals surface area contributed by atoms with E-state index in [1.54, 1.807) is 6.07 Å². The van der Waals surface area contributed by atoms with E-state index in [4.69, 9.17) is 21.1 Å². The highest BCUT2D eigenvalue weighted by molar-refractivity contribution is 6.29. The molecule has 2 aliphatic rings. The predicted octanol–water partition coefficient (Wildman–Crippen LogP) is 3.15. The van der Waals surface area contributed by atoms with Gasteiger partial charge in [0, 0.05) is 31.3 Å². The number of halogens is 1. The lowest BCUT2D eigenvalue weighted by Crippen LogP contribution is -2.41. The lowest BCUT2D eigenvalue weighted by Gasteiger charge is -2.32.